The first-order valence-corrected chi connectivity index (χ1v) is 7.00. The molecule has 0 N–H and O–H groups in total. The van der Waals surface area contributed by atoms with E-state index in [1.54, 1.807) is 0 Å². The quantitative estimate of drug-likeness (QED) is 0.790. The van der Waals surface area contributed by atoms with Crippen LogP contribution < -0.4 is 10.2 Å². The van der Waals surface area contributed by atoms with Crippen LogP contribution in [-0.4, -0.2) is 20.6 Å². The van der Waals surface area contributed by atoms with Gasteiger partial charge in [-0.15, -0.1) is 0 Å². The van der Waals surface area contributed by atoms with Crippen LogP contribution in [0, 0.1) is 0 Å². The van der Waals surface area contributed by atoms with Crippen LogP contribution in [-0.2, 0) is 0 Å². The van der Waals surface area contributed by atoms with Crippen LogP contribution in [0.1, 0.15) is 31.9 Å². The Morgan fingerprint density at radius 2 is 1.89 bits per heavy atom. The minimum absolute atomic E-state index is 0.267. The monoisotopic (exact) mass is 255 g/mol. The van der Waals surface area contributed by atoms with Gasteiger partial charge in [0.2, 0.25) is 0 Å². The van der Waals surface area contributed by atoms with Crippen molar-refractivity contribution in [2.45, 2.75) is 26.3 Å². The van der Waals surface area contributed by atoms with Gasteiger partial charge in [0.25, 0.3) is 0 Å². The van der Waals surface area contributed by atoms with Gasteiger partial charge < -0.3 is 4.90 Å². The fourth-order valence-corrected chi connectivity index (χ4v) is 2.35. The van der Waals surface area contributed by atoms with Gasteiger partial charge in [0, 0.05) is 37.8 Å². The zero-order valence-corrected chi connectivity index (χ0v) is 12.4. The maximum Gasteiger partial charge on any atom is 0.0468 e. The van der Waals surface area contributed by atoms with E-state index >= 15 is 0 Å². The molecule has 1 radical (unpaired) electrons. The maximum atomic E-state index is 4.70. The third kappa shape index (κ3) is 3.07. The van der Waals surface area contributed by atoms with Crippen molar-refractivity contribution in [2.75, 3.05) is 25.5 Å². The fourth-order valence-electron chi connectivity index (χ4n) is 2.35. The molecule has 19 heavy (non-hydrogen) atoms. The predicted molar refractivity (Wildman–Crippen MR) is 84.0 cm³/mol. The Morgan fingerprint density at radius 3 is 2.58 bits per heavy atom. The van der Waals surface area contributed by atoms with Gasteiger partial charge in [-0.3, -0.25) is 0 Å². The van der Waals surface area contributed by atoms with Crippen LogP contribution in [0.5, 0.6) is 0 Å². The summed E-state index contributed by atoms with van der Waals surface area (Å²) in [6.45, 7) is 5.28. The SMILES string of the molecule is CCC[N]C(C)c1cc(N(C)C)c2ccccc2c1. The van der Waals surface area contributed by atoms with E-state index in [1.165, 1.54) is 22.0 Å². The lowest BCUT2D eigenvalue weighted by Gasteiger charge is -2.20. The summed E-state index contributed by atoms with van der Waals surface area (Å²) in [5.41, 5.74) is 2.57. The minimum atomic E-state index is 0.267. The van der Waals surface area contributed by atoms with Crippen molar-refractivity contribution >= 4 is 16.5 Å². The Balaban J connectivity index is 2.46. The highest BCUT2D eigenvalue weighted by Crippen LogP contribution is 2.30. The summed E-state index contributed by atoms with van der Waals surface area (Å²) in [5, 5.41) is 7.30. The summed E-state index contributed by atoms with van der Waals surface area (Å²) in [7, 11) is 4.19. The van der Waals surface area contributed by atoms with Gasteiger partial charge in [-0.25, -0.2) is 5.32 Å². The summed E-state index contributed by atoms with van der Waals surface area (Å²) in [6, 6.07) is 13.4. The van der Waals surface area contributed by atoms with Crippen molar-refractivity contribution in [2.24, 2.45) is 0 Å². The smallest absolute Gasteiger partial charge is 0.0468 e. The average molecular weight is 255 g/mol. The molecule has 0 aromatic heterocycles. The molecule has 0 heterocycles. The molecule has 2 heteroatoms. The second-order valence-corrected chi connectivity index (χ2v) is 5.24. The van der Waals surface area contributed by atoms with Gasteiger partial charge in [0.15, 0.2) is 0 Å². The van der Waals surface area contributed by atoms with Crippen LogP contribution in [0.25, 0.3) is 10.8 Å². The highest BCUT2D eigenvalue weighted by Gasteiger charge is 2.10. The lowest BCUT2D eigenvalue weighted by Crippen LogP contribution is -2.14. The molecule has 0 spiro atoms. The second kappa shape index (κ2) is 6.07. The first kappa shape index (κ1) is 13.9. The number of hydrogen-bond acceptors (Lipinski definition) is 1. The summed E-state index contributed by atoms with van der Waals surface area (Å²) in [5.74, 6) is 0. The molecule has 1 atom stereocenters. The van der Waals surface area contributed by atoms with E-state index in [0.29, 0.717) is 0 Å². The van der Waals surface area contributed by atoms with Crippen LogP contribution in [0.4, 0.5) is 5.69 Å². The summed E-state index contributed by atoms with van der Waals surface area (Å²) < 4.78 is 0. The van der Waals surface area contributed by atoms with E-state index < -0.39 is 0 Å². The van der Waals surface area contributed by atoms with E-state index in [2.05, 4.69) is 69.2 Å². The predicted octanol–water partition coefficient (Wildman–Crippen LogP) is 3.98. The van der Waals surface area contributed by atoms with E-state index in [-0.39, 0.29) is 6.04 Å². The van der Waals surface area contributed by atoms with Crippen LogP contribution >= 0.6 is 0 Å². The number of nitrogens with zero attached hydrogens (tertiary/aromatic N) is 2. The third-order valence-corrected chi connectivity index (χ3v) is 3.45. The van der Waals surface area contributed by atoms with Gasteiger partial charge in [-0.05, 0) is 36.4 Å². The average Bonchev–Trinajstić information content (AvgIpc) is 2.43. The Kier molecular flexibility index (Phi) is 4.43. The Bertz CT molecular complexity index is 546. The van der Waals surface area contributed by atoms with Gasteiger partial charge in [0.1, 0.15) is 0 Å². The molecule has 0 amide bonds. The normalized spacial score (nSPS) is 12.6. The zero-order valence-electron chi connectivity index (χ0n) is 12.4. The van der Waals surface area contributed by atoms with E-state index in [1.807, 2.05) is 0 Å². The molecule has 2 aromatic rings. The maximum absolute atomic E-state index is 4.70. The Morgan fingerprint density at radius 1 is 1.16 bits per heavy atom. The molecule has 2 rings (SSSR count). The molecule has 1 unspecified atom stereocenters. The van der Waals surface area contributed by atoms with Crippen LogP contribution in [0.15, 0.2) is 36.4 Å². The first-order chi connectivity index (χ1) is 9.13. The molecule has 2 nitrogen and oxygen atoms in total. The van der Waals surface area contributed by atoms with Gasteiger partial charge in [0.05, 0.1) is 0 Å². The molecule has 101 valence electrons. The van der Waals surface area contributed by atoms with Crippen molar-refractivity contribution in [3.05, 3.63) is 42.0 Å². The molecule has 0 aliphatic carbocycles. The lowest BCUT2D eigenvalue weighted by molar-refractivity contribution is 0.558. The van der Waals surface area contributed by atoms with E-state index in [0.717, 1.165) is 13.0 Å². The van der Waals surface area contributed by atoms with Crippen LogP contribution in [0.3, 0.4) is 0 Å². The number of benzene rings is 2. The summed E-state index contributed by atoms with van der Waals surface area (Å²) >= 11 is 0. The number of fused-ring (bicyclic) bond motifs is 1. The topological polar surface area (TPSA) is 17.3 Å². The minimum Gasteiger partial charge on any atom is -0.377 e. The second-order valence-electron chi connectivity index (χ2n) is 5.24. The molecule has 2 aromatic carbocycles. The fraction of sp³-hybridized carbons (Fsp3) is 0.412. The van der Waals surface area contributed by atoms with Crippen molar-refractivity contribution < 1.29 is 0 Å². The van der Waals surface area contributed by atoms with E-state index in [9.17, 15) is 0 Å². The lowest BCUT2D eigenvalue weighted by atomic mass is 10.0. The van der Waals surface area contributed by atoms with Crippen molar-refractivity contribution in [3.63, 3.8) is 0 Å². The summed E-state index contributed by atoms with van der Waals surface area (Å²) in [6.07, 6.45) is 1.11. The molecule has 0 aliphatic heterocycles. The molecule has 0 saturated carbocycles. The number of hydrogen-bond donors (Lipinski definition) is 0. The van der Waals surface area contributed by atoms with Crippen molar-refractivity contribution in [1.29, 1.82) is 0 Å². The molecular formula is C17H23N2. The molecule has 0 fully saturated rings. The number of anilines is 1. The highest BCUT2D eigenvalue weighted by molar-refractivity contribution is 5.95. The summed E-state index contributed by atoms with van der Waals surface area (Å²) in [4.78, 5) is 2.18. The van der Waals surface area contributed by atoms with Gasteiger partial charge >= 0.3 is 0 Å². The van der Waals surface area contributed by atoms with Crippen LogP contribution in [0.2, 0.25) is 0 Å². The van der Waals surface area contributed by atoms with Gasteiger partial charge in [-0.1, -0.05) is 31.2 Å². The largest absolute Gasteiger partial charge is 0.377 e. The standard InChI is InChI=1S/C17H23N2/c1-5-10-18-13(2)15-11-14-8-6-7-9-16(14)17(12-15)19(3)4/h6-9,11-13H,5,10H2,1-4H3. The van der Waals surface area contributed by atoms with E-state index in [4.69, 9.17) is 5.32 Å². The molecular weight excluding hydrogens is 232 g/mol. The molecule has 0 saturated heterocycles. The van der Waals surface area contributed by atoms with Crippen molar-refractivity contribution in [3.8, 4) is 0 Å². The Labute approximate surface area is 116 Å². The van der Waals surface area contributed by atoms with Crippen molar-refractivity contribution in [1.82, 2.24) is 5.32 Å². The molecule has 0 bridgehead atoms. The number of rotatable bonds is 5. The Hall–Kier alpha value is -1.54. The highest BCUT2D eigenvalue weighted by atomic mass is 15.1. The van der Waals surface area contributed by atoms with Gasteiger partial charge in [-0.2, -0.15) is 0 Å². The first-order valence-electron chi connectivity index (χ1n) is 7.00. The zero-order chi connectivity index (χ0) is 13.8. The molecule has 0 aliphatic rings. The third-order valence-electron chi connectivity index (χ3n) is 3.45.